The van der Waals surface area contributed by atoms with Crippen LogP contribution in [0.25, 0.3) is 0 Å². The van der Waals surface area contributed by atoms with E-state index < -0.39 is 0 Å². The topological polar surface area (TPSA) is 55.4 Å². The lowest BCUT2D eigenvalue weighted by atomic mass is 10.0. The van der Waals surface area contributed by atoms with Crippen molar-refractivity contribution in [3.05, 3.63) is 77.0 Å². The summed E-state index contributed by atoms with van der Waals surface area (Å²) in [5.74, 6) is -0.429. The summed E-state index contributed by atoms with van der Waals surface area (Å²) in [5, 5.41) is 3.01. The second kappa shape index (κ2) is 8.11. The number of allylic oxidation sites excluding steroid dienone is 1. The van der Waals surface area contributed by atoms with E-state index in [2.05, 4.69) is 5.32 Å². The molecule has 0 aliphatic rings. The van der Waals surface area contributed by atoms with Crippen LogP contribution in [-0.4, -0.2) is 18.4 Å². The Morgan fingerprint density at radius 2 is 1.92 bits per heavy atom. The van der Waals surface area contributed by atoms with Gasteiger partial charge in [0.25, 0.3) is 0 Å². The fourth-order valence-corrected chi connectivity index (χ4v) is 2.26. The molecule has 24 heavy (non-hydrogen) atoms. The van der Waals surface area contributed by atoms with Crippen molar-refractivity contribution in [1.82, 2.24) is 0 Å². The van der Waals surface area contributed by atoms with Gasteiger partial charge < -0.3 is 10.1 Å². The number of hydrogen-bond donors (Lipinski definition) is 1. The van der Waals surface area contributed by atoms with Gasteiger partial charge >= 0.3 is 5.97 Å². The molecule has 2 aromatic carbocycles. The van der Waals surface area contributed by atoms with E-state index in [9.17, 15) is 9.59 Å². The molecule has 1 N–H and O–H groups in total. The van der Waals surface area contributed by atoms with Gasteiger partial charge in [-0.05, 0) is 50.6 Å². The smallest absolute Gasteiger partial charge is 0.338 e. The maximum atomic E-state index is 12.3. The molecule has 0 aliphatic heterocycles. The maximum absolute atomic E-state index is 12.3. The molecule has 0 bridgehead atoms. The van der Waals surface area contributed by atoms with E-state index in [0.717, 1.165) is 11.1 Å². The highest BCUT2D eigenvalue weighted by atomic mass is 16.5. The molecule has 0 aromatic heterocycles. The Morgan fingerprint density at radius 1 is 1.12 bits per heavy atom. The van der Waals surface area contributed by atoms with Gasteiger partial charge in [-0.3, -0.25) is 4.79 Å². The average Bonchev–Trinajstić information content (AvgIpc) is 2.57. The zero-order valence-electron chi connectivity index (χ0n) is 14.1. The van der Waals surface area contributed by atoms with Crippen LogP contribution < -0.4 is 5.32 Å². The number of hydrogen-bond acceptors (Lipinski definition) is 4. The van der Waals surface area contributed by atoms with Crippen LogP contribution in [0.1, 0.15) is 38.8 Å². The molecule has 0 saturated carbocycles. The fourth-order valence-electron chi connectivity index (χ4n) is 2.26. The first-order valence-corrected chi connectivity index (χ1v) is 7.83. The van der Waals surface area contributed by atoms with E-state index in [4.69, 9.17) is 4.74 Å². The fraction of sp³-hybridized carbons (Fsp3) is 0.200. The third-order valence-electron chi connectivity index (χ3n) is 3.52. The van der Waals surface area contributed by atoms with Crippen LogP contribution in [0.3, 0.4) is 0 Å². The van der Waals surface area contributed by atoms with Gasteiger partial charge in [0, 0.05) is 23.5 Å². The number of ketones is 1. The molecule has 0 saturated heterocycles. The summed E-state index contributed by atoms with van der Waals surface area (Å²) in [5.41, 5.74) is 3.86. The minimum atomic E-state index is -0.364. The zero-order valence-corrected chi connectivity index (χ0v) is 14.1. The summed E-state index contributed by atoms with van der Waals surface area (Å²) >= 11 is 0. The Kier molecular flexibility index (Phi) is 5.90. The van der Waals surface area contributed by atoms with Gasteiger partial charge in [0.1, 0.15) is 0 Å². The van der Waals surface area contributed by atoms with Crippen molar-refractivity contribution < 1.29 is 14.3 Å². The predicted molar refractivity (Wildman–Crippen MR) is 95.4 cm³/mol. The van der Waals surface area contributed by atoms with Crippen molar-refractivity contribution >= 4 is 17.4 Å². The Hall–Kier alpha value is -2.88. The summed E-state index contributed by atoms with van der Waals surface area (Å²) in [6.07, 6.45) is 3.06. The van der Waals surface area contributed by atoms with E-state index >= 15 is 0 Å². The van der Waals surface area contributed by atoms with Crippen molar-refractivity contribution in [2.24, 2.45) is 0 Å². The molecule has 4 heteroatoms. The molecule has 0 aliphatic carbocycles. The normalized spacial score (nSPS) is 10.6. The van der Waals surface area contributed by atoms with Gasteiger partial charge in [0.2, 0.25) is 0 Å². The standard InChI is InChI=1S/C20H21NO3/c1-4-24-20(23)16-6-5-7-17(13-16)21-11-10-19(22)18-12-14(2)8-9-15(18)3/h5-13,21H,4H2,1-3H3. The zero-order chi connectivity index (χ0) is 17.5. The van der Waals surface area contributed by atoms with Crippen molar-refractivity contribution in [3.63, 3.8) is 0 Å². The van der Waals surface area contributed by atoms with E-state index in [1.807, 2.05) is 38.1 Å². The van der Waals surface area contributed by atoms with Gasteiger partial charge in [-0.2, -0.15) is 0 Å². The second-order valence-electron chi connectivity index (χ2n) is 5.46. The van der Waals surface area contributed by atoms with Gasteiger partial charge in [-0.25, -0.2) is 4.79 Å². The molecule has 0 atom stereocenters. The number of anilines is 1. The first-order chi connectivity index (χ1) is 11.5. The van der Waals surface area contributed by atoms with Crippen molar-refractivity contribution in [2.45, 2.75) is 20.8 Å². The highest BCUT2D eigenvalue weighted by molar-refractivity contribution is 6.05. The van der Waals surface area contributed by atoms with E-state index in [0.29, 0.717) is 23.4 Å². The molecule has 4 nitrogen and oxygen atoms in total. The number of carbonyl (C=O) groups excluding carboxylic acids is 2. The first kappa shape index (κ1) is 17.5. The molecule has 124 valence electrons. The van der Waals surface area contributed by atoms with Crippen molar-refractivity contribution in [3.8, 4) is 0 Å². The van der Waals surface area contributed by atoms with Gasteiger partial charge in [-0.15, -0.1) is 0 Å². The molecule has 0 fully saturated rings. The van der Waals surface area contributed by atoms with Crippen LogP contribution in [0.4, 0.5) is 5.69 Å². The Balaban J connectivity index is 2.06. The molecule has 2 aromatic rings. The Labute approximate surface area is 142 Å². The highest BCUT2D eigenvalue weighted by Gasteiger charge is 2.07. The quantitative estimate of drug-likeness (QED) is 0.489. The summed E-state index contributed by atoms with van der Waals surface area (Å²) in [6.45, 7) is 5.97. The summed E-state index contributed by atoms with van der Waals surface area (Å²) < 4.78 is 4.97. The molecule has 2 rings (SSSR count). The third-order valence-corrected chi connectivity index (χ3v) is 3.52. The summed E-state index contributed by atoms with van der Waals surface area (Å²) in [6, 6.07) is 12.7. The summed E-state index contributed by atoms with van der Waals surface area (Å²) in [4.78, 5) is 24.0. The summed E-state index contributed by atoms with van der Waals surface area (Å²) in [7, 11) is 0. The number of ether oxygens (including phenoxy) is 1. The number of aryl methyl sites for hydroxylation is 2. The minimum absolute atomic E-state index is 0.0646. The lowest BCUT2D eigenvalue weighted by Crippen LogP contribution is -2.05. The van der Waals surface area contributed by atoms with Crippen LogP contribution in [0.5, 0.6) is 0 Å². The lowest BCUT2D eigenvalue weighted by Gasteiger charge is -2.05. The van der Waals surface area contributed by atoms with Crippen LogP contribution in [-0.2, 0) is 4.74 Å². The maximum Gasteiger partial charge on any atom is 0.338 e. The van der Waals surface area contributed by atoms with E-state index in [-0.39, 0.29) is 11.8 Å². The second-order valence-corrected chi connectivity index (χ2v) is 5.46. The molecular formula is C20H21NO3. The van der Waals surface area contributed by atoms with Crippen LogP contribution in [0.15, 0.2) is 54.7 Å². The average molecular weight is 323 g/mol. The molecule has 0 heterocycles. The molecule has 0 radical (unpaired) electrons. The lowest BCUT2D eigenvalue weighted by molar-refractivity contribution is 0.0526. The van der Waals surface area contributed by atoms with Crippen LogP contribution in [0, 0.1) is 13.8 Å². The molecule has 0 unspecified atom stereocenters. The van der Waals surface area contributed by atoms with Gasteiger partial charge in [0.05, 0.1) is 12.2 Å². The number of carbonyl (C=O) groups is 2. The molecular weight excluding hydrogens is 302 g/mol. The number of esters is 1. The number of benzene rings is 2. The monoisotopic (exact) mass is 323 g/mol. The molecule has 0 spiro atoms. The third kappa shape index (κ3) is 4.56. The van der Waals surface area contributed by atoms with Crippen molar-refractivity contribution in [2.75, 3.05) is 11.9 Å². The van der Waals surface area contributed by atoms with E-state index in [1.165, 1.54) is 6.08 Å². The predicted octanol–water partition coefficient (Wildman–Crippen LogP) is 4.29. The van der Waals surface area contributed by atoms with Gasteiger partial charge in [0.15, 0.2) is 5.78 Å². The van der Waals surface area contributed by atoms with Crippen LogP contribution >= 0.6 is 0 Å². The number of rotatable bonds is 6. The van der Waals surface area contributed by atoms with Crippen LogP contribution in [0.2, 0.25) is 0 Å². The largest absolute Gasteiger partial charge is 0.462 e. The first-order valence-electron chi connectivity index (χ1n) is 7.83. The van der Waals surface area contributed by atoms with E-state index in [1.54, 1.807) is 31.3 Å². The Bertz CT molecular complexity index is 778. The Morgan fingerprint density at radius 3 is 2.67 bits per heavy atom. The minimum Gasteiger partial charge on any atom is -0.462 e. The SMILES string of the molecule is CCOC(=O)c1cccc(NC=CC(=O)c2cc(C)ccc2C)c1. The molecule has 0 amide bonds. The van der Waals surface area contributed by atoms with Gasteiger partial charge in [-0.1, -0.05) is 23.8 Å². The number of nitrogens with one attached hydrogen (secondary N) is 1. The van der Waals surface area contributed by atoms with Crippen molar-refractivity contribution in [1.29, 1.82) is 0 Å². The highest BCUT2D eigenvalue weighted by Crippen LogP contribution is 2.14.